The van der Waals surface area contributed by atoms with Crippen molar-refractivity contribution in [1.29, 1.82) is 0 Å². The summed E-state index contributed by atoms with van der Waals surface area (Å²) in [6.45, 7) is 1.79. The molecule has 0 aromatic heterocycles. The molecule has 0 saturated carbocycles. The first-order chi connectivity index (χ1) is 8.58. The molecule has 0 spiro atoms. The van der Waals surface area contributed by atoms with Crippen LogP contribution in [0.1, 0.15) is 18.4 Å². The van der Waals surface area contributed by atoms with E-state index in [-0.39, 0.29) is 18.0 Å². The second kappa shape index (κ2) is 5.71. The van der Waals surface area contributed by atoms with E-state index in [1.165, 1.54) is 18.2 Å². The maximum atomic E-state index is 13.5. The van der Waals surface area contributed by atoms with E-state index in [0.29, 0.717) is 11.5 Å². The van der Waals surface area contributed by atoms with Gasteiger partial charge in [-0.05, 0) is 31.5 Å². The maximum Gasteiger partial charge on any atom is 0.130 e. The van der Waals surface area contributed by atoms with Gasteiger partial charge in [-0.2, -0.15) is 0 Å². The number of hydrogen-bond acceptors (Lipinski definition) is 2. The Labute approximate surface area is 111 Å². The van der Waals surface area contributed by atoms with Crippen molar-refractivity contribution < 1.29 is 8.78 Å². The minimum Gasteiger partial charge on any atom is -0.393 e. The quantitative estimate of drug-likeness (QED) is 0.856. The van der Waals surface area contributed by atoms with E-state index in [4.69, 9.17) is 18.0 Å². The third-order valence-corrected chi connectivity index (χ3v) is 3.68. The number of benzene rings is 1. The monoisotopic (exact) mass is 270 g/mol. The van der Waals surface area contributed by atoms with Gasteiger partial charge in [-0.3, -0.25) is 4.90 Å². The Kier molecular flexibility index (Phi) is 4.24. The Balaban J connectivity index is 2.07. The van der Waals surface area contributed by atoms with Crippen molar-refractivity contribution >= 4 is 17.2 Å². The first-order valence-electron chi connectivity index (χ1n) is 6.02. The molecule has 0 radical (unpaired) electrons. The number of rotatable bonds is 3. The van der Waals surface area contributed by atoms with Gasteiger partial charge in [0.15, 0.2) is 0 Å². The van der Waals surface area contributed by atoms with E-state index in [1.807, 2.05) is 4.90 Å². The summed E-state index contributed by atoms with van der Waals surface area (Å²) < 4.78 is 27.1. The van der Waals surface area contributed by atoms with E-state index in [1.54, 1.807) is 0 Å². The molecular weight excluding hydrogens is 254 g/mol. The Morgan fingerprint density at radius 1 is 1.39 bits per heavy atom. The molecule has 5 heteroatoms. The fraction of sp³-hybridized carbons (Fsp3) is 0.462. The van der Waals surface area contributed by atoms with Crippen LogP contribution in [0.25, 0.3) is 0 Å². The largest absolute Gasteiger partial charge is 0.393 e. The number of nitrogens with two attached hydrogens (primary N) is 1. The van der Waals surface area contributed by atoms with Gasteiger partial charge in [-0.25, -0.2) is 8.78 Å². The first kappa shape index (κ1) is 13.4. The zero-order valence-corrected chi connectivity index (χ0v) is 10.9. The molecule has 0 bridgehead atoms. The predicted molar refractivity (Wildman–Crippen MR) is 71.1 cm³/mol. The number of hydrogen-bond donors (Lipinski definition) is 1. The van der Waals surface area contributed by atoms with Gasteiger partial charge in [-0.1, -0.05) is 18.3 Å². The number of halogens is 2. The molecule has 98 valence electrons. The molecule has 1 aliphatic rings. The minimum atomic E-state index is -0.493. The van der Waals surface area contributed by atoms with Crippen molar-refractivity contribution in [3.63, 3.8) is 0 Å². The fourth-order valence-electron chi connectivity index (χ4n) is 2.34. The highest BCUT2D eigenvalue weighted by Gasteiger charge is 2.23. The van der Waals surface area contributed by atoms with Gasteiger partial charge in [0.2, 0.25) is 0 Å². The second-order valence-corrected chi connectivity index (χ2v) is 5.15. The molecule has 1 aromatic carbocycles. The summed E-state index contributed by atoms with van der Waals surface area (Å²) in [5.41, 5.74) is 5.77. The highest BCUT2D eigenvalue weighted by molar-refractivity contribution is 7.80. The third kappa shape index (κ3) is 3.03. The molecule has 2 nitrogen and oxygen atoms in total. The standard InChI is InChI=1S/C13H16F2N2S/c14-11-4-1-5-12(15)10(11)8-17-6-2-3-9(7-17)13(16)18/h1,4-5,9H,2-3,6-8H2,(H2,16,18). The lowest BCUT2D eigenvalue weighted by molar-refractivity contribution is 0.192. The highest BCUT2D eigenvalue weighted by atomic mass is 32.1. The average Bonchev–Trinajstić information content (AvgIpc) is 2.34. The number of piperidine rings is 1. The summed E-state index contributed by atoms with van der Waals surface area (Å²) in [5.74, 6) is -0.830. The van der Waals surface area contributed by atoms with E-state index < -0.39 is 11.6 Å². The predicted octanol–water partition coefficient (Wildman–Crippen LogP) is 2.46. The molecule has 0 aliphatic carbocycles. The zero-order valence-electron chi connectivity index (χ0n) is 10.0. The van der Waals surface area contributed by atoms with E-state index in [9.17, 15) is 8.78 Å². The van der Waals surface area contributed by atoms with Crippen molar-refractivity contribution in [1.82, 2.24) is 4.90 Å². The molecule has 1 aliphatic heterocycles. The summed E-state index contributed by atoms with van der Waals surface area (Å²) in [6.07, 6.45) is 1.92. The van der Waals surface area contributed by atoms with Crippen LogP contribution in [-0.2, 0) is 6.54 Å². The van der Waals surface area contributed by atoms with Crippen LogP contribution >= 0.6 is 12.2 Å². The van der Waals surface area contributed by atoms with Crippen LogP contribution in [0.4, 0.5) is 8.78 Å². The lowest BCUT2D eigenvalue weighted by Gasteiger charge is -2.32. The first-order valence-corrected chi connectivity index (χ1v) is 6.43. The Hall–Kier alpha value is -1.07. The topological polar surface area (TPSA) is 29.3 Å². The minimum absolute atomic E-state index is 0.126. The van der Waals surface area contributed by atoms with Gasteiger partial charge in [0.1, 0.15) is 11.6 Å². The van der Waals surface area contributed by atoms with Crippen LogP contribution in [0, 0.1) is 17.6 Å². The second-order valence-electron chi connectivity index (χ2n) is 4.68. The summed E-state index contributed by atoms with van der Waals surface area (Å²) in [4.78, 5) is 2.50. The summed E-state index contributed by atoms with van der Waals surface area (Å²) >= 11 is 4.99. The molecule has 1 aromatic rings. The summed E-state index contributed by atoms with van der Waals surface area (Å²) in [7, 11) is 0. The van der Waals surface area contributed by atoms with E-state index >= 15 is 0 Å². The number of nitrogens with zero attached hydrogens (tertiary/aromatic N) is 1. The molecule has 0 amide bonds. The van der Waals surface area contributed by atoms with E-state index in [2.05, 4.69) is 0 Å². The highest BCUT2D eigenvalue weighted by Crippen LogP contribution is 2.21. The SMILES string of the molecule is NC(=S)C1CCCN(Cc2c(F)cccc2F)C1. The zero-order chi connectivity index (χ0) is 13.1. The number of likely N-dealkylation sites (tertiary alicyclic amines) is 1. The molecule has 1 unspecified atom stereocenters. The molecule has 1 saturated heterocycles. The molecule has 2 rings (SSSR count). The Morgan fingerprint density at radius 3 is 2.67 bits per heavy atom. The van der Waals surface area contributed by atoms with Crippen molar-refractivity contribution in [2.45, 2.75) is 19.4 Å². The molecule has 2 N–H and O–H groups in total. The van der Waals surface area contributed by atoms with Crippen LogP contribution in [0.2, 0.25) is 0 Å². The molecule has 18 heavy (non-hydrogen) atoms. The lowest BCUT2D eigenvalue weighted by Crippen LogP contribution is -2.40. The smallest absolute Gasteiger partial charge is 0.130 e. The molecule has 1 atom stereocenters. The fourth-order valence-corrected chi connectivity index (χ4v) is 2.53. The van der Waals surface area contributed by atoms with Gasteiger partial charge in [0, 0.05) is 24.6 Å². The number of thiocarbonyl (C=S) groups is 1. The van der Waals surface area contributed by atoms with Crippen LogP contribution in [0.5, 0.6) is 0 Å². The van der Waals surface area contributed by atoms with Gasteiger partial charge >= 0.3 is 0 Å². The van der Waals surface area contributed by atoms with Crippen molar-refractivity contribution in [2.24, 2.45) is 11.7 Å². The molecule has 1 heterocycles. The molecule has 1 fully saturated rings. The van der Waals surface area contributed by atoms with Gasteiger partial charge in [-0.15, -0.1) is 0 Å². The average molecular weight is 270 g/mol. The van der Waals surface area contributed by atoms with Gasteiger partial charge in [0.05, 0.1) is 4.99 Å². The lowest BCUT2D eigenvalue weighted by atomic mass is 9.97. The van der Waals surface area contributed by atoms with Crippen molar-refractivity contribution in [3.8, 4) is 0 Å². The van der Waals surface area contributed by atoms with Crippen LogP contribution < -0.4 is 5.73 Å². The van der Waals surface area contributed by atoms with Gasteiger partial charge in [0.25, 0.3) is 0 Å². The Morgan fingerprint density at radius 2 is 2.06 bits per heavy atom. The van der Waals surface area contributed by atoms with Gasteiger partial charge < -0.3 is 5.73 Å². The summed E-state index contributed by atoms with van der Waals surface area (Å²) in [5, 5.41) is 0. The molecular formula is C13H16F2N2S. The maximum absolute atomic E-state index is 13.5. The Bertz CT molecular complexity index is 430. The van der Waals surface area contributed by atoms with E-state index in [0.717, 1.165) is 19.4 Å². The van der Waals surface area contributed by atoms with Crippen molar-refractivity contribution in [3.05, 3.63) is 35.4 Å². The van der Waals surface area contributed by atoms with Crippen molar-refractivity contribution in [2.75, 3.05) is 13.1 Å². The van der Waals surface area contributed by atoms with Crippen LogP contribution in [0.3, 0.4) is 0 Å². The third-order valence-electron chi connectivity index (χ3n) is 3.35. The van der Waals surface area contributed by atoms with Crippen LogP contribution in [-0.4, -0.2) is 23.0 Å². The summed E-state index contributed by atoms with van der Waals surface area (Å²) in [6, 6.07) is 3.95. The van der Waals surface area contributed by atoms with Crippen LogP contribution in [0.15, 0.2) is 18.2 Å². The normalized spacial score (nSPS) is 20.9.